The Bertz CT molecular complexity index is 583. The molecule has 1 nitrogen and oxygen atoms in total. The van der Waals surface area contributed by atoms with Gasteiger partial charge in [0.15, 0.2) is 0 Å². The van der Waals surface area contributed by atoms with E-state index in [9.17, 15) is 4.79 Å². The van der Waals surface area contributed by atoms with Gasteiger partial charge in [-0.15, -0.1) is 0 Å². The molecule has 2 saturated carbocycles. The Morgan fingerprint density at radius 2 is 1.61 bits per heavy atom. The highest BCUT2D eigenvalue weighted by Crippen LogP contribution is 2.60. The van der Waals surface area contributed by atoms with Gasteiger partial charge in [0, 0.05) is 5.56 Å². The molecule has 2 aliphatic rings. The SMILES string of the molecule is CC1CC2C(CC1c1cccc(C=O)c1)C(C)(C)CCC2(C)C. The summed E-state index contributed by atoms with van der Waals surface area (Å²) in [6, 6.07) is 8.32. The first-order valence-corrected chi connectivity index (χ1v) is 9.30. The molecule has 126 valence electrons. The monoisotopic (exact) mass is 312 g/mol. The summed E-state index contributed by atoms with van der Waals surface area (Å²) in [5.41, 5.74) is 3.12. The quantitative estimate of drug-likeness (QED) is 0.604. The van der Waals surface area contributed by atoms with Gasteiger partial charge in [0.1, 0.15) is 6.29 Å². The molecule has 0 radical (unpaired) electrons. The van der Waals surface area contributed by atoms with E-state index in [4.69, 9.17) is 0 Å². The number of aldehydes is 1. The Hall–Kier alpha value is -1.11. The van der Waals surface area contributed by atoms with Crippen molar-refractivity contribution < 1.29 is 4.79 Å². The van der Waals surface area contributed by atoms with Crippen molar-refractivity contribution in [3.05, 3.63) is 35.4 Å². The van der Waals surface area contributed by atoms with E-state index < -0.39 is 0 Å². The molecule has 4 unspecified atom stereocenters. The second kappa shape index (κ2) is 5.76. The predicted molar refractivity (Wildman–Crippen MR) is 96.7 cm³/mol. The minimum absolute atomic E-state index is 0.445. The van der Waals surface area contributed by atoms with Gasteiger partial charge in [-0.05, 0) is 71.8 Å². The molecule has 0 bridgehead atoms. The predicted octanol–water partition coefficient (Wildman–Crippen LogP) is 6.09. The van der Waals surface area contributed by atoms with E-state index in [1.807, 2.05) is 12.1 Å². The van der Waals surface area contributed by atoms with Crippen LogP contribution in [0.2, 0.25) is 0 Å². The van der Waals surface area contributed by atoms with Crippen LogP contribution in [0.3, 0.4) is 0 Å². The highest BCUT2D eigenvalue weighted by molar-refractivity contribution is 5.75. The standard InChI is InChI=1S/C22H32O/c1-15-11-19-20(22(4,5)10-9-21(19,2)3)13-18(15)17-8-6-7-16(12-17)14-23/h6-8,12,14-15,18-20H,9-11,13H2,1-5H3. The van der Waals surface area contributed by atoms with E-state index in [2.05, 4.69) is 46.8 Å². The van der Waals surface area contributed by atoms with Gasteiger partial charge in [-0.25, -0.2) is 0 Å². The molecule has 0 aliphatic heterocycles. The van der Waals surface area contributed by atoms with Gasteiger partial charge in [-0.1, -0.05) is 52.8 Å². The average Bonchev–Trinajstić information content (AvgIpc) is 2.51. The van der Waals surface area contributed by atoms with Gasteiger partial charge in [0.05, 0.1) is 0 Å². The van der Waals surface area contributed by atoms with Crippen molar-refractivity contribution in [3.63, 3.8) is 0 Å². The summed E-state index contributed by atoms with van der Waals surface area (Å²) in [6.07, 6.45) is 6.30. The number of fused-ring (bicyclic) bond motifs is 1. The molecule has 0 aromatic heterocycles. The Kier molecular flexibility index (Phi) is 4.19. The summed E-state index contributed by atoms with van der Waals surface area (Å²) < 4.78 is 0. The zero-order chi connectivity index (χ0) is 16.8. The zero-order valence-corrected chi connectivity index (χ0v) is 15.4. The number of carbonyl (C=O) groups is 1. The van der Waals surface area contributed by atoms with Crippen LogP contribution in [-0.2, 0) is 0 Å². The van der Waals surface area contributed by atoms with Gasteiger partial charge < -0.3 is 0 Å². The normalized spacial score (nSPS) is 35.3. The van der Waals surface area contributed by atoms with Crippen LogP contribution >= 0.6 is 0 Å². The topological polar surface area (TPSA) is 17.1 Å². The van der Waals surface area contributed by atoms with Crippen LogP contribution in [0.25, 0.3) is 0 Å². The van der Waals surface area contributed by atoms with Gasteiger partial charge >= 0.3 is 0 Å². The van der Waals surface area contributed by atoms with E-state index in [0.29, 0.717) is 22.7 Å². The first kappa shape index (κ1) is 16.7. The fourth-order valence-electron chi connectivity index (χ4n) is 5.47. The largest absolute Gasteiger partial charge is 0.298 e. The second-order valence-electron chi connectivity index (χ2n) is 9.53. The van der Waals surface area contributed by atoms with E-state index in [0.717, 1.165) is 23.7 Å². The smallest absolute Gasteiger partial charge is 0.150 e. The summed E-state index contributed by atoms with van der Waals surface area (Å²) in [6.45, 7) is 12.4. The lowest BCUT2D eigenvalue weighted by Gasteiger charge is -2.57. The van der Waals surface area contributed by atoms with E-state index >= 15 is 0 Å². The third-order valence-electron chi connectivity index (χ3n) is 7.20. The Balaban J connectivity index is 1.92. The van der Waals surface area contributed by atoms with Crippen LogP contribution in [0, 0.1) is 28.6 Å². The van der Waals surface area contributed by atoms with Crippen molar-refractivity contribution in [1.82, 2.24) is 0 Å². The van der Waals surface area contributed by atoms with Gasteiger partial charge in [-0.2, -0.15) is 0 Å². The van der Waals surface area contributed by atoms with Crippen LogP contribution in [0.5, 0.6) is 0 Å². The molecule has 0 saturated heterocycles. The van der Waals surface area contributed by atoms with Crippen LogP contribution < -0.4 is 0 Å². The number of hydrogen-bond acceptors (Lipinski definition) is 1. The molecule has 23 heavy (non-hydrogen) atoms. The summed E-state index contributed by atoms with van der Waals surface area (Å²) in [5, 5.41) is 0. The van der Waals surface area contributed by atoms with Crippen molar-refractivity contribution in [2.24, 2.45) is 28.6 Å². The van der Waals surface area contributed by atoms with Crippen molar-refractivity contribution in [3.8, 4) is 0 Å². The molecule has 3 rings (SSSR count). The van der Waals surface area contributed by atoms with E-state index in [-0.39, 0.29) is 0 Å². The Morgan fingerprint density at radius 1 is 1.00 bits per heavy atom. The van der Waals surface area contributed by atoms with Crippen molar-refractivity contribution in [2.75, 3.05) is 0 Å². The van der Waals surface area contributed by atoms with Crippen LogP contribution in [0.15, 0.2) is 24.3 Å². The summed E-state index contributed by atoms with van der Waals surface area (Å²) in [7, 11) is 0. The molecule has 1 aromatic rings. The molecule has 0 spiro atoms. The first-order chi connectivity index (χ1) is 10.7. The fourth-order valence-corrected chi connectivity index (χ4v) is 5.47. The maximum absolute atomic E-state index is 11.1. The van der Waals surface area contributed by atoms with E-state index in [1.165, 1.54) is 31.2 Å². The minimum Gasteiger partial charge on any atom is -0.298 e. The van der Waals surface area contributed by atoms with Crippen LogP contribution in [-0.4, -0.2) is 6.29 Å². The molecule has 1 aromatic carbocycles. The van der Waals surface area contributed by atoms with Crippen molar-refractivity contribution >= 4 is 6.29 Å². The Morgan fingerprint density at radius 3 is 2.22 bits per heavy atom. The molecule has 2 aliphatic carbocycles. The van der Waals surface area contributed by atoms with Crippen LogP contribution in [0.1, 0.15) is 82.1 Å². The highest BCUT2D eigenvalue weighted by Gasteiger charge is 2.51. The third kappa shape index (κ3) is 2.99. The first-order valence-electron chi connectivity index (χ1n) is 9.30. The lowest BCUT2D eigenvalue weighted by atomic mass is 9.48. The molecular weight excluding hydrogens is 280 g/mol. The van der Waals surface area contributed by atoms with Gasteiger partial charge in [0.25, 0.3) is 0 Å². The minimum atomic E-state index is 0.445. The third-order valence-corrected chi connectivity index (χ3v) is 7.20. The van der Waals surface area contributed by atoms with Gasteiger partial charge in [-0.3, -0.25) is 4.79 Å². The number of carbonyl (C=O) groups excluding carboxylic acids is 1. The zero-order valence-electron chi connectivity index (χ0n) is 15.4. The fraction of sp³-hybridized carbons (Fsp3) is 0.682. The Labute approximate surface area is 141 Å². The van der Waals surface area contributed by atoms with Crippen molar-refractivity contribution in [1.29, 1.82) is 0 Å². The summed E-state index contributed by atoms with van der Waals surface area (Å²) in [5.74, 6) is 2.94. The maximum atomic E-state index is 11.1. The molecular formula is C22H32O. The lowest BCUT2D eigenvalue weighted by Crippen LogP contribution is -2.48. The number of hydrogen-bond donors (Lipinski definition) is 0. The van der Waals surface area contributed by atoms with Crippen molar-refractivity contribution in [2.45, 2.75) is 66.2 Å². The number of rotatable bonds is 2. The molecule has 1 heteroatoms. The molecule has 0 heterocycles. The number of benzene rings is 1. The molecule has 0 amide bonds. The second-order valence-corrected chi connectivity index (χ2v) is 9.53. The summed E-state index contributed by atoms with van der Waals surface area (Å²) >= 11 is 0. The highest BCUT2D eigenvalue weighted by atomic mass is 16.1. The molecule has 2 fully saturated rings. The molecule has 4 atom stereocenters. The maximum Gasteiger partial charge on any atom is 0.150 e. The molecule has 0 N–H and O–H groups in total. The summed E-state index contributed by atoms with van der Waals surface area (Å²) in [4.78, 5) is 11.1. The van der Waals surface area contributed by atoms with Gasteiger partial charge in [0.2, 0.25) is 0 Å². The van der Waals surface area contributed by atoms with E-state index in [1.54, 1.807) is 0 Å². The van der Waals surface area contributed by atoms with Crippen LogP contribution in [0.4, 0.5) is 0 Å². The lowest BCUT2D eigenvalue weighted by molar-refractivity contribution is -0.0634. The average molecular weight is 312 g/mol.